The molecule has 3 N–H and O–H groups in total. The molecular weight excluding hydrogens is 821 g/mol. The quantitative estimate of drug-likeness (QED) is 0.186. The highest BCUT2D eigenvalue weighted by Crippen LogP contribution is 2.41. The molecule has 64 heavy (non-hydrogen) atoms. The van der Waals surface area contributed by atoms with Crippen molar-refractivity contribution in [1.82, 2.24) is 15.5 Å². The van der Waals surface area contributed by atoms with Crippen molar-refractivity contribution in [2.75, 3.05) is 33.4 Å². The van der Waals surface area contributed by atoms with Crippen molar-refractivity contribution in [2.45, 2.75) is 150 Å². The van der Waals surface area contributed by atoms with Crippen LogP contribution in [0.5, 0.6) is 0 Å². The number of aliphatic hydroxyl groups is 1. The number of hydrogen-bond acceptors (Lipinski definition) is 14. The lowest BCUT2D eigenvalue weighted by atomic mass is 9.77. The minimum atomic E-state index is -2.11. The largest absolute Gasteiger partial charge is 0.508 e. The summed E-state index contributed by atoms with van der Waals surface area (Å²) >= 11 is 0. The van der Waals surface area contributed by atoms with E-state index in [4.69, 9.17) is 38.2 Å². The van der Waals surface area contributed by atoms with Crippen LogP contribution in [-0.4, -0.2) is 109 Å². The van der Waals surface area contributed by atoms with E-state index in [1.165, 1.54) is 27.2 Å². The highest BCUT2D eigenvalue weighted by Gasteiger charge is 2.49. The van der Waals surface area contributed by atoms with E-state index in [1.54, 1.807) is 26.0 Å². The van der Waals surface area contributed by atoms with Gasteiger partial charge in [0.05, 0.1) is 41.7 Å². The van der Waals surface area contributed by atoms with Crippen molar-refractivity contribution in [1.29, 1.82) is 0 Å². The first-order valence-corrected chi connectivity index (χ1v) is 22.8. The number of nitrogens with one attached hydrogen (secondary N) is 2. The number of piperidine rings is 1. The predicted octanol–water partition coefficient (Wildman–Crippen LogP) is 7.28. The van der Waals surface area contributed by atoms with Gasteiger partial charge in [-0.1, -0.05) is 66.3 Å². The van der Waals surface area contributed by atoms with Crippen molar-refractivity contribution in [3.8, 4) is 0 Å². The third-order valence-electron chi connectivity index (χ3n) is 13.1. The summed E-state index contributed by atoms with van der Waals surface area (Å²) < 4.78 is 43.8. The van der Waals surface area contributed by atoms with Crippen molar-refractivity contribution < 1.29 is 52.6 Å². The molecule has 5 heterocycles. The van der Waals surface area contributed by atoms with Gasteiger partial charge in [0.25, 0.3) is 5.91 Å². The molecule has 15 nitrogen and oxygen atoms in total. The Bertz CT molecular complexity index is 1940. The third-order valence-corrected chi connectivity index (χ3v) is 13.1. The number of ether oxygens (including phenoxy) is 7. The van der Waals surface area contributed by atoms with Gasteiger partial charge in [0.15, 0.2) is 5.79 Å². The minimum Gasteiger partial charge on any atom is -0.508 e. The zero-order chi connectivity index (χ0) is 47.3. The van der Waals surface area contributed by atoms with Crippen LogP contribution in [0.2, 0.25) is 0 Å². The number of esters is 2. The minimum absolute atomic E-state index is 0.104. The van der Waals surface area contributed by atoms with Crippen LogP contribution in [0.15, 0.2) is 76.2 Å². The molecule has 0 aromatic rings. The van der Waals surface area contributed by atoms with Crippen LogP contribution in [0.4, 0.5) is 0 Å². The van der Waals surface area contributed by atoms with Crippen molar-refractivity contribution in [3.63, 3.8) is 0 Å². The monoisotopic (exact) mass is 895 g/mol. The van der Waals surface area contributed by atoms with Gasteiger partial charge in [0, 0.05) is 94.7 Å². The van der Waals surface area contributed by atoms with Gasteiger partial charge in [-0.15, -0.1) is 0 Å². The lowest BCUT2D eigenvalue weighted by molar-refractivity contribution is -0.336. The summed E-state index contributed by atoms with van der Waals surface area (Å²) in [6, 6.07) is 0. The molecule has 1 amide bonds. The fraction of sp³-hybridized carbons (Fsp3) is 0.673. The Hall–Kier alpha value is -4.44. The molecule has 0 radical (unpaired) electrons. The molecule has 356 valence electrons. The fourth-order valence-corrected chi connectivity index (χ4v) is 9.46. The average molecular weight is 895 g/mol. The number of allylic oxidation sites excluding steroid dienone is 5. The Morgan fingerprint density at radius 3 is 2.31 bits per heavy atom. The van der Waals surface area contributed by atoms with Gasteiger partial charge in [-0.3, -0.25) is 14.6 Å². The van der Waals surface area contributed by atoms with Crippen molar-refractivity contribution in [3.05, 3.63) is 71.2 Å². The number of carbonyl (C=O) groups excluding carboxylic acids is 3. The van der Waals surface area contributed by atoms with E-state index in [2.05, 4.69) is 49.8 Å². The van der Waals surface area contributed by atoms with E-state index in [0.29, 0.717) is 40.6 Å². The summed E-state index contributed by atoms with van der Waals surface area (Å²) in [5.74, 6) is -5.33. The van der Waals surface area contributed by atoms with Crippen LogP contribution < -0.4 is 10.6 Å². The molecule has 5 aliphatic heterocycles. The molecule has 1 spiro atoms. The van der Waals surface area contributed by atoms with Crippen LogP contribution >= 0.6 is 0 Å². The van der Waals surface area contributed by atoms with Crippen LogP contribution in [0, 0.1) is 29.6 Å². The molecule has 5 rings (SSSR count). The summed E-state index contributed by atoms with van der Waals surface area (Å²) in [6.45, 7) is 28.4. The molecule has 2 fully saturated rings. The van der Waals surface area contributed by atoms with E-state index >= 15 is 0 Å². The van der Waals surface area contributed by atoms with E-state index in [-0.39, 0.29) is 48.4 Å². The van der Waals surface area contributed by atoms with Crippen LogP contribution in [0.3, 0.4) is 0 Å². The Morgan fingerprint density at radius 2 is 1.69 bits per heavy atom. The third kappa shape index (κ3) is 12.1. The summed E-state index contributed by atoms with van der Waals surface area (Å²) in [5, 5.41) is 17.4. The number of likely N-dealkylation sites (tertiary alicyclic amines) is 1. The number of carbonyl (C=O) groups is 3. The summed E-state index contributed by atoms with van der Waals surface area (Å²) in [7, 11) is 1.54. The van der Waals surface area contributed by atoms with Crippen LogP contribution in [-0.2, 0) is 47.5 Å². The average Bonchev–Trinajstić information content (AvgIpc) is 3.58. The molecule has 0 unspecified atom stereocenters. The highest BCUT2D eigenvalue weighted by atomic mass is 16.7. The smallest absolute Gasteiger partial charge is 0.392 e. The number of nitrogens with zero attached hydrogens (tertiary/aromatic N) is 2. The Morgan fingerprint density at radius 1 is 1.02 bits per heavy atom. The summed E-state index contributed by atoms with van der Waals surface area (Å²) in [4.78, 5) is 48.9. The van der Waals surface area contributed by atoms with Gasteiger partial charge in [-0.05, 0) is 46.1 Å². The molecule has 0 aromatic carbocycles. The second-order valence-corrected chi connectivity index (χ2v) is 19.3. The van der Waals surface area contributed by atoms with Gasteiger partial charge in [-0.25, -0.2) is 4.79 Å². The number of aliphatic imine (C=N–C) groups is 1. The SMILES string of the molecule is C=C(O)/C(C)=C1\CCC2=NC3(CCN(CC(C)C)CC3)N/C2=C2/COC(=O)[C@@](C)(O/C=C/[C@H](OC)[C@@H](C)[C@@H](OC(C)=O)[C@H](C)[C@@H]3OC(C)(C)O[C@H]([C@H]3C)[C@@H](C)/C=C/C=C(/C)C(=O)N2)O1. The first kappa shape index (κ1) is 50.6. The Labute approximate surface area is 380 Å². The highest BCUT2D eigenvalue weighted by molar-refractivity contribution is 6.04. The number of hydrogen-bond donors (Lipinski definition) is 3. The standard InChI is InChI=1S/C49H74N4O11/c1-28(2)26-53-23-21-49(22-24-53)51-37-18-19-40(31(5)35(9)54)62-48(13)46(57)59-27-38(41(37)52-49)50-45(56)30(4)17-15-16-29(3)42-33(7)44(64-47(11,12)63-42)34(8)43(61-36(10)55)32(6)39(58-14)20-25-60-48/h15-17,20,25,28-29,32-34,39,42-44,52,54H,9,18-19,21-24,26-27H2,1-8,10-14H3,(H,50,56)/b16-15+,25-20+,30-17-,40-31+,41-38-/t29-,32+,33+,34-,39-,42-,43+,44+,48-/m0/s1. The molecule has 0 aromatic heterocycles. The molecule has 5 aliphatic rings. The van der Waals surface area contributed by atoms with Gasteiger partial charge in [0.2, 0.25) is 0 Å². The first-order valence-electron chi connectivity index (χ1n) is 22.8. The summed E-state index contributed by atoms with van der Waals surface area (Å²) in [6.07, 6.45) is 8.45. The maximum atomic E-state index is 14.4. The predicted molar refractivity (Wildman–Crippen MR) is 243 cm³/mol. The normalized spacial score (nSPS) is 36.7. The number of fused-ring (bicyclic) bond motifs is 7. The van der Waals surface area contributed by atoms with Gasteiger partial charge >= 0.3 is 17.7 Å². The number of amides is 1. The van der Waals surface area contributed by atoms with E-state index in [9.17, 15) is 19.5 Å². The van der Waals surface area contributed by atoms with Gasteiger partial charge in [-0.2, -0.15) is 0 Å². The molecule has 2 saturated heterocycles. The zero-order valence-electron chi connectivity index (χ0n) is 40.4. The Balaban J connectivity index is 1.63. The van der Waals surface area contributed by atoms with Crippen molar-refractivity contribution >= 4 is 23.6 Å². The lowest BCUT2D eigenvalue weighted by Gasteiger charge is -2.50. The van der Waals surface area contributed by atoms with Gasteiger partial charge in [0.1, 0.15) is 29.9 Å². The maximum absolute atomic E-state index is 14.4. The molecule has 9 atom stereocenters. The molecule has 4 bridgehead atoms. The lowest BCUT2D eigenvalue weighted by Crippen LogP contribution is -2.56. The second-order valence-electron chi connectivity index (χ2n) is 19.3. The number of methoxy groups -OCH3 is 1. The second kappa shape index (κ2) is 20.8. The molecule has 0 aliphatic carbocycles. The molecular formula is C49H74N4O11. The van der Waals surface area contributed by atoms with E-state index in [1.807, 2.05) is 39.8 Å². The van der Waals surface area contributed by atoms with Crippen molar-refractivity contribution in [2.24, 2.45) is 34.6 Å². The zero-order valence-corrected chi connectivity index (χ0v) is 40.4. The number of aliphatic hydroxyl groups excluding tert-OH is 1. The van der Waals surface area contributed by atoms with Gasteiger partial charge < -0.3 is 53.8 Å². The maximum Gasteiger partial charge on any atom is 0.392 e. The van der Waals surface area contributed by atoms with E-state index < -0.39 is 59.3 Å². The number of rotatable bonds is 5. The fourth-order valence-electron chi connectivity index (χ4n) is 9.46. The van der Waals surface area contributed by atoms with E-state index in [0.717, 1.165) is 32.5 Å². The molecule has 15 heteroatoms. The Kier molecular flexibility index (Phi) is 16.4. The van der Waals surface area contributed by atoms with Crippen LogP contribution in [0.1, 0.15) is 109 Å². The van der Waals surface area contributed by atoms with Crippen LogP contribution in [0.25, 0.3) is 0 Å². The summed E-state index contributed by atoms with van der Waals surface area (Å²) in [5.41, 5.74) is 1.67. The topological polar surface area (TPSA) is 176 Å². The first-order chi connectivity index (χ1) is 30.0. The molecule has 0 saturated carbocycles.